The van der Waals surface area contributed by atoms with E-state index in [1.165, 1.54) is 11.1 Å². The van der Waals surface area contributed by atoms with Crippen molar-refractivity contribution >= 4 is 9.84 Å². The average Bonchev–Trinajstić information content (AvgIpc) is 2.57. The molecule has 1 aliphatic heterocycles. The summed E-state index contributed by atoms with van der Waals surface area (Å²) < 4.78 is 22.5. The summed E-state index contributed by atoms with van der Waals surface area (Å²) >= 11 is 0. The van der Waals surface area contributed by atoms with E-state index in [2.05, 4.69) is 32.9 Å². The Bertz CT molecular complexity index is 461. The van der Waals surface area contributed by atoms with Gasteiger partial charge in [-0.15, -0.1) is 0 Å². The van der Waals surface area contributed by atoms with Gasteiger partial charge in [0.15, 0.2) is 9.84 Å². The zero-order valence-corrected chi connectivity index (χ0v) is 12.5. The molecule has 2 nitrogen and oxygen atoms in total. The molecular weight excluding hydrogens is 244 g/mol. The molecule has 0 saturated heterocycles. The van der Waals surface area contributed by atoms with Gasteiger partial charge in [-0.25, -0.2) is 8.42 Å². The van der Waals surface area contributed by atoms with Gasteiger partial charge in [0, 0.05) is 0 Å². The van der Waals surface area contributed by atoms with Crippen LogP contribution in [0.2, 0.25) is 0 Å². The Hall–Kier alpha value is -0.830. The number of rotatable bonds is 6. The van der Waals surface area contributed by atoms with Crippen LogP contribution >= 0.6 is 0 Å². The monoisotopic (exact) mass is 268 g/mol. The third kappa shape index (κ3) is 6.20. The molecule has 0 unspecified atom stereocenters. The van der Waals surface area contributed by atoms with Crippen molar-refractivity contribution in [2.75, 3.05) is 11.5 Å². The van der Waals surface area contributed by atoms with Gasteiger partial charge >= 0.3 is 0 Å². The van der Waals surface area contributed by atoms with Crippen LogP contribution in [0.25, 0.3) is 0 Å². The summed E-state index contributed by atoms with van der Waals surface area (Å²) in [6.45, 7) is 6.39. The van der Waals surface area contributed by atoms with E-state index in [0.29, 0.717) is 0 Å². The molecule has 0 aromatic rings. The van der Waals surface area contributed by atoms with Crippen molar-refractivity contribution in [2.45, 2.75) is 46.5 Å². The summed E-state index contributed by atoms with van der Waals surface area (Å²) in [5, 5.41) is 0. The third-order valence-electron chi connectivity index (χ3n) is 3.08. The molecule has 0 aromatic heterocycles. The standard InChI is InChI=1S/C15H24O2S/c1-13(2)6-4-7-14(3)8-5-9-15-10-11-18(16,17)12-15/h6,8,10H,4-5,7,9,11-12H2,1-3H3. The van der Waals surface area contributed by atoms with Crippen LogP contribution in [0.1, 0.15) is 46.5 Å². The zero-order chi connectivity index (χ0) is 13.6. The zero-order valence-electron chi connectivity index (χ0n) is 11.7. The Labute approximate surface area is 111 Å². The van der Waals surface area contributed by atoms with Crippen molar-refractivity contribution in [1.29, 1.82) is 0 Å². The molecule has 1 aliphatic rings. The minimum atomic E-state index is -2.79. The van der Waals surface area contributed by atoms with Crippen molar-refractivity contribution in [3.63, 3.8) is 0 Å². The van der Waals surface area contributed by atoms with Crippen LogP contribution in [-0.2, 0) is 9.84 Å². The summed E-state index contributed by atoms with van der Waals surface area (Å²) in [4.78, 5) is 0. The first-order valence-corrected chi connectivity index (χ1v) is 8.38. The van der Waals surface area contributed by atoms with Crippen LogP contribution in [-0.4, -0.2) is 19.9 Å². The van der Waals surface area contributed by atoms with Crippen LogP contribution < -0.4 is 0 Å². The second kappa shape index (κ2) is 6.93. The Morgan fingerprint density at radius 2 is 1.94 bits per heavy atom. The first-order valence-electron chi connectivity index (χ1n) is 6.56. The van der Waals surface area contributed by atoms with Gasteiger partial charge in [0.1, 0.15) is 0 Å². The predicted octanol–water partition coefficient (Wildman–Crippen LogP) is 3.81. The van der Waals surface area contributed by atoms with E-state index in [0.717, 1.165) is 31.3 Å². The molecule has 0 atom stereocenters. The molecule has 0 spiro atoms. The summed E-state index contributed by atoms with van der Waals surface area (Å²) in [5.74, 6) is 0.517. The van der Waals surface area contributed by atoms with Gasteiger partial charge in [0.2, 0.25) is 0 Å². The normalized spacial score (nSPS) is 18.6. The Morgan fingerprint density at radius 1 is 1.22 bits per heavy atom. The van der Waals surface area contributed by atoms with Gasteiger partial charge in [-0.2, -0.15) is 0 Å². The Balaban J connectivity index is 2.26. The van der Waals surface area contributed by atoms with E-state index >= 15 is 0 Å². The first kappa shape index (κ1) is 15.2. The summed E-state index contributed by atoms with van der Waals surface area (Å²) in [7, 11) is -2.79. The van der Waals surface area contributed by atoms with Crippen molar-refractivity contribution in [3.05, 3.63) is 34.9 Å². The van der Waals surface area contributed by atoms with Crippen molar-refractivity contribution in [3.8, 4) is 0 Å². The minimum Gasteiger partial charge on any atom is -0.228 e. The lowest BCUT2D eigenvalue weighted by Crippen LogP contribution is -2.02. The molecule has 0 saturated carbocycles. The highest BCUT2D eigenvalue weighted by Crippen LogP contribution is 2.17. The molecule has 1 heterocycles. The van der Waals surface area contributed by atoms with E-state index in [9.17, 15) is 8.42 Å². The largest absolute Gasteiger partial charge is 0.228 e. The van der Waals surface area contributed by atoms with Gasteiger partial charge in [0.05, 0.1) is 11.5 Å². The van der Waals surface area contributed by atoms with Gasteiger partial charge < -0.3 is 0 Å². The van der Waals surface area contributed by atoms with Gasteiger partial charge in [-0.3, -0.25) is 0 Å². The maximum absolute atomic E-state index is 11.3. The van der Waals surface area contributed by atoms with Crippen molar-refractivity contribution in [1.82, 2.24) is 0 Å². The van der Waals surface area contributed by atoms with E-state index in [4.69, 9.17) is 0 Å². The SMILES string of the molecule is CC(C)=CCCC(C)=CCCC1=CCS(=O)(=O)C1. The lowest BCUT2D eigenvalue weighted by atomic mass is 10.1. The van der Waals surface area contributed by atoms with Crippen molar-refractivity contribution < 1.29 is 8.42 Å². The van der Waals surface area contributed by atoms with E-state index in [1.54, 1.807) is 0 Å². The maximum atomic E-state index is 11.3. The number of sulfone groups is 1. The number of allylic oxidation sites excluding steroid dienone is 4. The number of hydrogen-bond acceptors (Lipinski definition) is 2. The Kier molecular flexibility index (Phi) is 5.86. The molecular formula is C15H24O2S. The quantitative estimate of drug-likeness (QED) is 0.686. The lowest BCUT2D eigenvalue weighted by Gasteiger charge is -2.01. The van der Waals surface area contributed by atoms with Gasteiger partial charge in [-0.05, 0) is 46.5 Å². The molecule has 0 fully saturated rings. The lowest BCUT2D eigenvalue weighted by molar-refractivity contribution is 0.602. The minimum absolute atomic E-state index is 0.242. The molecule has 0 aromatic carbocycles. The average molecular weight is 268 g/mol. The Morgan fingerprint density at radius 3 is 2.50 bits per heavy atom. The van der Waals surface area contributed by atoms with Gasteiger partial charge in [-0.1, -0.05) is 34.9 Å². The van der Waals surface area contributed by atoms with E-state index < -0.39 is 9.84 Å². The molecule has 0 aliphatic carbocycles. The molecule has 0 N–H and O–H groups in total. The molecule has 18 heavy (non-hydrogen) atoms. The predicted molar refractivity (Wildman–Crippen MR) is 78.4 cm³/mol. The fourth-order valence-electron chi connectivity index (χ4n) is 2.01. The third-order valence-corrected chi connectivity index (χ3v) is 4.57. The van der Waals surface area contributed by atoms with Crippen LogP contribution in [0.5, 0.6) is 0 Å². The molecule has 0 amide bonds. The second-order valence-electron chi connectivity index (χ2n) is 5.33. The second-order valence-corrected chi connectivity index (χ2v) is 7.44. The smallest absolute Gasteiger partial charge is 0.157 e. The maximum Gasteiger partial charge on any atom is 0.157 e. The van der Waals surface area contributed by atoms with E-state index in [1.807, 2.05) is 6.08 Å². The molecule has 3 heteroatoms. The van der Waals surface area contributed by atoms with Crippen LogP contribution in [0.4, 0.5) is 0 Å². The fraction of sp³-hybridized carbons (Fsp3) is 0.600. The van der Waals surface area contributed by atoms with E-state index in [-0.39, 0.29) is 11.5 Å². The van der Waals surface area contributed by atoms with Crippen LogP contribution in [0.15, 0.2) is 34.9 Å². The molecule has 102 valence electrons. The molecule has 0 bridgehead atoms. The fourth-order valence-corrected chi connectivity index (χ4v) is 3.45. The first-order chi connectivity index (χ1) is 8.39. The molecule has 0 radical (unpaired) electrons. The van der Waals surface area contributed by atoms with Gasteiger partial charge in [0.25, 0.3) is 0 Å². The topological polar surface area (TPSA) is 34.1 Å². The summed E-state index contributed by atoms with van der Waals surface area (Å²) in [6.07, 6.45) is 10.4. The van der Waals surface area contributed by atoms with Crippen molar-refractivity contribution in [2.24, 2.45) is 0 Å². The van der Waals surface area contributed by atoms with Crippen LogP contribution in [0.3, 0.4) is 0 Å². The highest BCUT2D eigenvalue weighted by atomic mass is 32.2. The summed E-state index contributed by atoms with van der Waals surface area (Å²) in [5.41, 5.74) is 3.85. The summed E-state index contributed by atoms with van der Waals surface area (Å²) in [6, 6.07) is 0. The molecule has 1 rings (SSSR count). The van der Waals surface area contributed by atoms with Crippen LogP contribution in [0, 0.1) is 0 Å². The highest BCUT2D eigenvalue weighted by Gasteiger charge is 2.18. The number of hydrogen-bond donors (Lipinski definition) is 0. The highest BCUT2D eigenvalue weighted by molar-refractivity contribution is 7.92.